The SMILES string of the molecule is N#Cc1cc(NC2CCN(n3c(-c4cccnc4N)nc4ccc(-c5ccccc5)nc43)CC2)cnn1. The van der Waals surface area contributed by atoms with Crippen molar-refractivity contribution >= 4 is 22.7 Å². The molecule has 10 heteroatoms. The first-order chi connectivity index (χ1) is 18.2. The first-order valence-electron chi connectivity index (χ1n) is 12.1. The monoisotopic (exact) mass is 488 g/mol. The third-order valence-electron chi connectivity index (χ3n) is 6.53. The summed E-state index contributed by atoms with van der Waals surface area (Å²) >= 11 is 0. The van der Waals surface area contributed by atoms with E-state index in [0.717, 1.165) is 65.4 Å². The van der Waals surface area contributed by atoms with Crippen LogP contribution in [0, 0.1) is 11.3 Å². The third kappa shape index (κ3) is 4.38. The molecule has 1 saturated heterocycles. The Kier molecular flexibility index (Phi) is 5.78. The van der Waals surface area contributed by atoms with Crippen LogP contribution in [0.3, 0.4) is 0 Å². The van der Waals surface area contributed by atoms with Crippen LogP contribution < -0.4 is 16.1 Å². The summed E-state index contributed by atoms with van der Waals surface area (Å²) in [6.45, 7) is 1.55. The maximum atomic E-state index is 9.11. The summed E-state index contributed by atoms with van der Waals surface area (Å²) in [6.07, 6.45) is 5.09. The van der Waals surface area contributed by atoms with Gasteiger partial charge in [0.1, 0.15) is 17.4 Å². The first kappa shape index (κ1) is 22.4. The maximum Gasteiger partial charge on any atom is 0.180 e. The molecule has 182 valence electrons. The normalized spacial score (nSPS) is 14.0. The molecule has 5 aromatic rings. The number of benzene rings is 1. The molecule has 1 aliphatic heterocycles. The molecule has 3 N–H and O–H groups in total. The Labute approximate surface area is 213 Å². The minimum atomic E-state index is 0.238. The molecule has 6 rings (SSSR count). The smallest absolute Gasteiger partial charge is 0.180 e. The van der Waals surface area contributed by atoms with Gasteiger partial charge in [0.15, 0.2) is 17.2 Å². The van der Waals surface area contributed by atoms with Gasteiger partial charge in [-0.15, -0.1) is 5.10 Å². The second-order valence-electron chi connectivity index (χ2n) is 8.90. The number of piperidine rings is 1. The lowest BCUT2D eigenvalue weighted by atomic mass is 10.1. The number of anilines is 2. The average Bonchev–Trinajstić information content (AvgIpc) is 3.33. The highest BCUT2D eigenvalue weighted by Crippen LogP contribution is 2.30. The van der Waals surface area contributed by atoms with E-state index in [1.54, 1.807) is 18.5 Å². The molecule has 1 fully saturated rings. The summed E-state index contributed by atoms with van der Waals surface area (Å²) in [5.41, 5.74) is 11.7. The van der Waals surface area contributed by atoms with Gasteiger partial charge in [-0.05, 0) is 37.1 Å². The highest BCUT2D eigenvalue weighted by Gasteiger charge is 2.26. The van der Waals surface area contributed by atoms with Crippen LogP contribution in [0.25, 0.3) is 33.8 Å². The van der Waals surface area contributed by atoms with Crippen molar-refractivity contribution in [2.75, 3.05) is 29.1 Å². The van der Waals surface area contributed by atoms with Crippen molar-refractivity contribution in [3.05, 3.63) is 78.8 Å². The van der Waals surface area contributed by atoms with Gasteiger partial charge in [-0.25, -0.2) is 19.6 Å². The molecule has 5 heterocycles. The lowest BCUT2D eigenvalue weighted by Gasteiger charge is -2.35. The molecule has 0 saturated carbocycles. The number of imidazole rings is 1. The Hall–Kier alpha value is -5.04. The van der Waals surface area contributed by atoms with E-state index in [-0.39, 0.29) is 6.04 Å². The molecule has 10 nitrogen and oxygen atoms in total. The lowest BCUT2D eigenvalue weighted by Crippen LogP contribution is -2.45. The van der Waals surface area contributed by atoms with Crippen molar-refractivity contribution in [3.63, 3.8) is 0 Å². The number of pyridine rings is 2. The van der Waals surface area contributed by atoms with Crippen molar-refractivity contribution in [1.29, 1.82) is 5.26 Å². The van der Waals surface area contributed by atoms with Crippen LogP contribution in [0.5, 0.6) is 0 Å². The molecule has 37 heavy (non-hydrogen) atoms. The van der Waals surface area contributed by atoms with Gasteiger partial charge in [0.2, 0.25) is 0 Å². The molecule has 1 aromatic carbocycles. The van der Waals surface area contributed by atoms with Crippen molar-refractivity contribution in [1.82, 2.24) is 29.8 Å². The van der Waals surface area contributed by atoms with E-state index in [9.17, 15) is 0 Å². The summed E-state index contributed by atoms with van der Waals surface area (Å²) in [7, 11) is 0. The van der Waals surface area contributed by atoms with Gasteiger partial charge in [0.25, 0.3) is 0 Å². The second-order valence-corrected chi connectivity index (χ2v) is 8.90. The van der Waals surface area contributed by atoms with Crippen LogP contribution in [0.1, 0.15) is 18.5 Å². The molecule has 0 radical (unpaired) electrons. The van der Waals surface area contributed by atoms with E-state index >= 15 is 0 Å². The molecule has 0 atom stereocenters. The van der Waals surface area contributed by atoms with Gasteiger partial charge in [-0.2, -0.15) is 10.4 Å². The zero-order valence-electron chi connectivity index (χ0n) is 20.0. The van der Waals surface area contributed by atoms with E-state index in [2.05, 4.69) is 42.3 Å². The fourth-order valence-corrected chi connectivity index (χ4v) is 4.71. The Morgan fingerprint density at radius 2 is 1.84 bits per heavy atom. The molecule has 0 unspecified atom stereocenters. The van der Waals surface area contributed by atoms with Crippen LogP contribution in [-0.4, -0.2) is 49.0 Å². The molecule has 0 spiro atoms. The van der Waals surface area contributed by atoms with Gasteiger partial charge < -0.3 is 16.1 Å². The van der Waals surface area contributed by atoms with Gasteiger partial charge in [0.05, 0.1) is 23.1 Å². The predicted molar refractivity (Wildman–Crippen MR) is 142 cm³/mol. The third-order valence-corrected chi connectivity index (χ3v) is 6.53. The summed E-state index contributed by atoms with van der Waals surface area (Å²) in [5.74, 6) is 1.15. The maximum absolute atomic E-state index is 9.11. The Morgan fingerprint density at radius 1 is 1.00 bits per heavy atom. The van der Waals surface area contributed by atoms with E-state index in [1.165, 1.54) is 0 Å². The average molecular weight is 489 g/mol. The summed E-state index contributed by atoms with van der Waals surface area (Å²) in [6, 6.07) is 21.9. The van der Waals surface area contributed by atoms with Crippen LogP contribution >= 0.6 is 0 Å². The van der Waals surface area contributed by atoms with Crippen molar-refractivity contribution in [2.45, 2.75) is 18.9 Å². The molecule has 0 aliphatic carbocycles. The molecule has 0 bridgehead atoms. The van der Waals surface area contributed by atoms with E-state index in [4.69, 9.17) is 21.0 Å². The number of nitrogens with zero attached hydrogens (tertiary/aromatic N) is 8. The van der Waals surface area contributed by atoms with E-state index in [0.29, 0.717) is 11.5 Å². The zero-order valence-corrected chi connectivity index (χ0v) is 20.0. The quantitative estimate of drug-likeness (QED) is 0.380. The van der Waals surface area contributed by atoms with Crippen molar-refractivity contribution in [2.24, 2.45) is 0 Å². The van der Waals surface area contributed by atoms with Crippen molar-refractivity contribution in [3.8, 4) is 28.7 Å². The van der Waals surface area contributed by atoms with Gasteiger partial charge in [0, 0.05) is 37.0 Å². The van der Waals surface area contributed by atoms with E-state index in [1.807, 2.05) is 48.5 Å². The topological polar surface area (TPSA) is 134 Å². The number of hydrogen-bond donors (Lipinski definition) is 2. The number of nitrogens with two attached hydrogens (primary N) is 1. The zero-order chi connectivity index (χ0) is 25.2. The lowest BCUT2D eigenvalue weighted by molar-refractivity contribution is 0.456. The number of aromatic nitrogens is 6. The number of nitrogens with one attached hydrogen (secondary N) is 1. The van der Waals surface area contributed by atoms with Crippen LogP contribution in [0.15, 0.2) is 73.1 Å². The molecule has 4 aromatic heterocycles. The van der Waals surface area contributed by atoms with Crippen molar-refractivity contribution < 1.29 is 0 Å². The predicted octanol–water partition coefficient (Wildman–Crippen LogP) is 3.62. The van der Waals surface area contributed by atoms with Gasteiger partial charge in [-0.1, -0.05) is 30.3 Å². The number of hydrogen-bond acceptors (Lipinski definition) is 9. The molecular weight excluding hydrogens is 464 g/mol. The van der Waals surface area contributed by atoms with Gasteiger partial charge >= 0.3 is 0 Å². The van der Waals surface area contributed by atoms with Crippen LogP contribution in [-0.2, 0) is 0 Å². The molecular formula is C27H24N10. The number of rotatable bonds is 5. The van der Waals surface area contributed by atoms with Crippen LogP contribution in [0.2, 0.25) is 0 Å². The first-order valence-corrected chi connectivity index (χ1v) is 12.1. The van der Waals surface area contributed by atoms with E-state index < -0.39 is 0 Å². The summed E-state index contributed by atoms with van der Waals surface area (Å²) < 4.78 is 2.09. The minimum Gasteiger partial charge on any atom is -0.383 e. The summed E-state index contributed by atoms with van der Waals surface area (Å²) in [5, 5.41) is 22.6. The fourth-order valence-electron chi connectivity index (χ4n) is 4.71. The highest BCUT2D eigenvalue weighted by atomic mass is 15.6. The number of nitriles is 1. The molecule has 1 aliphatic rings. The largest absolute Gasteiger partial charge is 0.383 e. The second kappa shape index (κ2) is 9.54. The Morgan fingerprint density at radius 3 is 2.62 bits per heavy atom. The number of fused-ring (bicyclic) bond motifs is 1. The fraction of sp³-hybridized carbons (Fsp3) is 0.185. The number of nitrogen functional groups attached to an aromatic ring is 1. The standard InChI is InChI=1S/C27H24N10/c28-16-20-15-21(17-31-35-20)32-19-10-13-36(14-11-19)37-26(22-7-4-12-30-25(22)29)34-24-9-8-23(33-27(24)37)18-5-2-1-3-6-18/h1-9,12,15,17,19H,10-11,13-14H2,(H2,29,30)(H,32,35). The van der Waals surface area contributed by atoms with Gasteiger partial charge in [-0.3, -0.25) is 0 Å². The highest BCUT2D eigenvalue weighted by molar-refractivity contribution is 5.82. The Bertz CT molecular complexity index is 1600. The molecule has 0 amide bonds. The Balaban J connectivity index is 1.35. The summed E-state index contributed by atoms with van der Waals surface area (Å²) in [4.78, 5) is 14.3. The minimum absolute atomic E-state index is 0.238. The van der Waals surface area contributed by atoms with Crippen LogP contribution in [0.4, 0.5) is 11.5 Å².